The number of hydrogen-bond donors (Lipinski definition) is 1. The van der Waals surface area contributed by atoms with Crippen molar-refractivity contribution >= 4 is 5.82 Å². The Morgan fingerprint density at radius 2 is 1.91 bits per heavy atom. The standard InChI is InChI=1S/C16H14FN5/c17-13-3-1-11(2-4-13)14-5-6-16(21-20-14)22-8-7-15-12(10-22)9-18-19-15/h1-6,9H,7-8,10H2,(H,18,19). The van der Waals surface area contributed by atoms with Gasteiger partial charge in [-0.25, -0.2) is 4.39 Å². The lowest BCUT2D eigenvalue weighted by molar-refractivity contribution is 0.628. The lowest BCUT2D eigenvalue weighted by Crippen LogP contribution is -2.30. The molecule has 3 heterocycles. The highest BCUT2D eigenvalue weighted by Gasteiger charge is 2.19. The zero-order valence-electron chi connectivity index (χ0n) is 11.8. The van der Waals surface area contributed by atoms with Crippen LogP contribution in [0.25, 0.3) is 11.3 Å². The van der Waals surface area contributed by atoms with Crippen LogP contribution in [0.5, 0.6) is 0 Å². The third-order valence-electron chi connectivity index (χ3n) is 3.91. The summed E-state index contributed by atoms with van der Waals surface area (Å²) < 4.78 is 13.0. The van der Waals surface area contributed by atoms with Gasteiger partial charge in [0.2, 0.25) is 0 Å². The van der Waals surface area contributed by atoms with Crippen LogP contribution in [0.2, 0.25) is 0 Å². The highest BCUT2D eigenvalue weighted by Crippen LogP contribution is 2.23. The second-order valence-corrected chi connectivity index (χ2v) is 5.33. The lowest BCUT2D eigenvalue weighted by Gasteiger charge is -2.27. The lowest BCUT2D eigenvalue weighted by atomic mass is 10.1. The largest absolute Gasteiger partial charge is 0.350 e. The number of H-pyrrole nitrogens is 1. The second-order valence-electron chi connectivity index (χ2n) is 5.33. The highest BCUT2D eigenvalue weighted by molar-refractivity contribution is 5.59. The number of hydrogen-bond acceptors (Lipinski definition) is 4. The summed E-state index contributed by atoms with van der Waals surface area (Å²) in [5.74, 6) is 0.593. The fourth-order valence-corrected chi connectivity index (χ4v) is 2.69. The first-order chi connectivity index (χ1) is 10.8. The van der Waals surface area contributed by atoms with Gasteiger partial charge in [-0.3, -0.25) is 5.10 Å². The van der Waals surface area contributed by atoms with Crippen LogP contribution in [0.4, 0.5) is 10.2 Å². The van der Waals surface area contributed by atoms with Gasteiger partial charge in [-0.2, -0.15) is 5.10 Å². The van der Waals surface area contributed by atoms with Crippen molar-refractivity contribution in [2.75, 3.05) is 11.4 Å². The summed E-state index contributed by atoms with van der Waals surface area (Å²) in [6.07, 6.45) is 2.79. The van der Waals surface area contributed by atoms with Crippen molar-refractivity contribution in [3.05, 3.63) is 59.7 Å². The molecule has 5 nitrogen and oxygen atoms in total. The van der Waals surface area contributed by atoms with E-state index in [0.717, 1.165) is 36.6 Å². The topological polar surface area (TPSA) is 57.7 Å². The number of nitrogens with zero attached hydrogens (tertiary/aromatic N) is 4. The number of halogens is 1. The first-order valence-corrected chi connectivity index (χ1v) is 7.15. The van der Waals surface area contributed by atoms with Crippen molar-refractivity contribution in [2.45, 2.75) is 13.0 Å². The van der Waals surface area contributed by atoms with Gasteiger partial charge < -0.3 is 4.90 Å². The Morgan fingerprint density at radius 3 is 2.68 bits per heavy atom. The average molecular weight is 295 g/mol. The highest BCUT2D eigenvalue weighted by atomic mass is 19.1. The predicted molar refractivity (Wildman–Crippen MR) is 80.8 cm³/mol. The van der Waals surface area contributed by atoms with E-state index in [9.17, 15) is 4.39 Å². The van der Waals surface area contributed by atoms with Crippen LogP contribution in [-0.4, -0.2) is 26.9 Å². The van der Waals surface area contributed by atoms with E-state index in [1.807, 2.05) is 18.3 Å². The maximum atomic E-state index is 13.0. The van der Waals surface area contributed by atoms with Crippen LogP contribution in [-0.2, 0) is 13.0 Å². The maximum absolute atomic E-state index is 13.0. The van der Waals surface area contributed by atoms with E-state index in [1.54, 1.807) is 12.1 Å². The fraction of sp³-hybridized carbons (Fsp3) is 0.188. The summed E-state index contributed by atoms with van der Waals surface area (Å²) in [7, 11) is 0. The summed E-state index contributed by atoms with van der Waals surface area (Å²) in [5, 5.41) is 15.7. The molecule has 0 amide bonds. The van der Waals surface area contributed by atoms with Crippen molar-refractivity contribution in [1.29, 1.82) is 0 Å². The van der Waals surface area contributed by atoms with Crippen LogP contribution in [0.15, 0.2) is 42.6 Å². The van der Waals surface area contributed by atoms with Gasteiger partial charge in [0, 0.05) is 36.3 Å². The van der Waals surface area contributed by atoms with Crippen LogP contribution in [0, 0.1) is 5.82 Å². The molecule has 0 spiro atoms. The molecule has 0 saturated carbocycles. The van der Waals surface area contributed by atoms with Gasteiger partial charge in [-0.15, -0.1) is 10.2 Å². The molecule has 0 aliphatic carbocycles. The molecule has 0 atom stereocenters. The summed E-state index contributed by atoms with van der Waals surface area (Å²) >= 11 is 0. The zero-order chi connectivity index (χ0) is 14.9. The van der Waals surface area contributed by atoms with Crippen LogP contribution < -0.4 is 4.90 Å². The Kier molecular flexibility index (Phi) is 3.07. The minimum absolute atomic E-state index is 0.252. The van der Waals surface area contributed by atoms with Gasteiger partial charge >= 0.3 is 0 Å². The van der Waals surface area contributed by atoms with Gasteiger partial charge in [0.25, 0.3) is 0 Å². The molecule has 110 valence electrons. The minimum Gasteiger partial charge on any atom is -0.350 e. The third-order valence-corrected chi connectivity index (χ3v) is 3.91. The molecular weight excluding hydrogens is 281 g/mol. The van der Waals surface area contributed by atoms with Gasteiger partial charge in [0.15, 0.2) is 5.82 Å². The smallest absolute Gasteiger partial charge is 0.151 e. The molecule has 22 heavy (non-hydrogen) atoms. The molecule has 0 saturated heterocycles. The Bertz CT molecular complexity index is 779. The average Bonchev–Trinajstić information content (AvgIpc) is 3.03. The molecule has 0 bridgehead atoms. The Hall–Kier alpha value is -2.76. The molecule has 1 aliphatic heterocycles. The van der Waals surface area contributed by atoms with Crippen molar-refractivity contribution in [1.82, 2.24) is 20.4 Å². The van der Waals surface area contributed by atoms with Gasteiger partial charge in [0.1, 0.15) is 5.82 Å². The number of benzene rings is 1. The molecule has 1 aromatic carbocycles. The number of anilines is 1. The minimum atomic E-state index is -0.252. The molecule has 0 unspecified atom stereocenters. The molecule has 2 aromatic heterocycles. The van der Waals surface area contributed by atoms with E-state index in [1.165, 1.54) is 23.4 Å². The van der Waals surface area contributed by atoms with E-state index in [2.05, 4.69) is 25.3 Å². The van der Waals surface area contributed by atoms with Gasteiger partial charge in [-0.1, -0.05) is 0 Å². The molecule has 4 rings (SSSR count). The van der Waals surface area contributed by atoms with E-state index < -0.39 is 0 Å². The van der Waals surface area contributed by atoms with Crippen LogP contribution in [0.1, 0.15) is 11.3 Å². The summed E-state index contributed by atoms with van der Waals surface area (Å²) in [5.41, 5.74) is 4.00. The molecule has 6 heteroatoms. The molecular formula is C16H14FN5. The maximum Gasteiger partial charge on any atom is 0.151 e. The van der Waals surface area contributed by atoms with E-state index in [4.69, 9.17) is 0 Å². The zero-order valence-corrected chi connectivity index (χ0v) is 11.8. The number of fused-ring (bicyclic) bond motifs is 1. The number of nitrogens with one attached hydrogen (secondary N) is 1. The van der Waals surface area contributed by atoms with Gasteiger partial charge in [-0.05, 0) is 36.4 Å². The number of aromatic nitrogens is 4. The quantitative estimate of drug-likeness (QED) is 0.789. The van der Waals surface area contributed by atoms with Crippen molar-refractivity contribution in [3.63, 3.8) is 0 Å². The Balaban J connectivity index is 1.56. The van der Waals surface area contributed by atoms with Gasteiger partial charge in [0.05, 0.1) is 11.9 Å². The number of rotatable bonds is 2. The summed E-state index contributed by atoms with van der Waals surface area (Å²) in [4.78, 5) is 2.18. The van der Waals surface area contributed by atoms with Crippen molar-refractivity contribution in [2.24, 2.45) is 0 Å². The monoisotopic (exact) mass is 295 g/mol. The molecule has 0 fully saturated rings. The van der Waals surface area contributed by atoms with Crippen molar-refractivity contribution < 1.29 is 4.39 Å². The first-order valence-electron chi connectivity index (χ1n) is 7.15. The third kappa shape index (κ3) is 2.32. The first kappa shape index (κ1) is 12.9. The normalized spacial score (nSPS) is 14.0. The van der Waals surface area contributed by atoms with E-state index >= 15 is 0 Å². The number of aromatic amines is 1. The molecule has 1 aliphatic rings. The molecule has 1 N–H and O–H groups in total. The van der Waals surface area contributed by atoms with E-state index in [-0.39, 0.29) is 5.82 Å². The summed E-state index contributed by atoms with van der Waals surface area (Å²) in [6, 6.07) is 10.1. The van der Waals surface area contributed by atoms with E-state index in [0.29, 0.717) is 0 Å². The summed E-state index contributed by atoms with van der Waals surface area (Å²) in [6.45, 7) is 1.68. The predicted octanol–water partition coefficient (Wildman–Crippen LogP) is 2.57. The second kappa shape index (κ2) is 5.22. The fourth-order valence-electron chi connectivity index (χ4n) is 2.69. The molecule has 3 aromatic rings. The molecule has 0 radical (unpaired) electrons. The Labute approximate surface area is 126 Å². The SMILES string of the molecule is Fc1ccc(-c2ccc(N3CCc4[nH]ncc4C3)nn2)cc1. The van der Waals surface area contributed by atoms with Crippen molar-refractivity contribution in [3.8, 4) is 11.3 Å². The Morgan fingerprint density at radius 1 is 1.05 bits per heavy atom. The van der Waals surface area contributed by atoms with Crippen LogP contribution in [0.3, 0.4) is 0 Å². The van der Waals surface area contributed by atoms with Crippen LogP contribution >= 0.6 is 0 Å².